The molecule has 1 aliphatic rings. The molecule has 1 aliphatic heterocycles. The number of sulfone groups is 1. The molecule has 162 valence electrons. The number of benzene rings is 2. The number of likely N-dealkylation sites (tertiary alicyclic amines) is 1. The fourth-order valence-electron chi connectivity index (χ4n) is 3.38. The van der Waals surface area contributed by atoms with Crippen LogP contribution in [0.1, 0.15) is 18.4 Å². The summed E-state index contributed by atoms with van der Waals surface area (Å²) in [6, 6.07) is 12.0. The van der Waals surface area contributed by atoms with E-state index in [1.54, 1.807) is 0 Å². The molecule has 1 fully saturated rings. The molecule has 3 rings (SSSR count). The van der Waals surface area contributed by atoms with Gasteiger partial charge in [0.2, 0.25) is 0 Å². The van der Waals surface area contributed by atoms with Crippen molar-refractivity contribution >= 4 is 21.2 Å². The minimum atomic E-state index is -5.66. The third-order valence-electron chi connectivity index (χ3n) is 4.98. The quantitative estimate of drug-likeness (QED) is 0.537. The van der Waals surface area contributed by atoms with Crippen LogP contribution in [-0.4, -0.2) is 42.9 Å². The van der Waals surface area contributed by atoms with Crippen molar-refractivity contribution in [1.29, 1.82) is 0 Å². The summed E-state index contributed by atoms with van der Waals surface area (Å²) in [7, 11) is -5.66. The molecule has 7 nitrogen and oxygen atoms in total. The summed E-state index contributed by atoms with van der Waals surface area (Å²) in [5.74, 6) is 0. The van der Waals surface area contributed by atoms with E-state index in [2.05, 4.69) is 10.2 Å². The Bertz CT molecular complexity index is 1010. The second kappa shape index (κ2) is 8.60. The predicted molar refractivity (Wildman–Crippen MR) is 105 cm³/mol. The molecule has 1 saturated heterocycles. The predicted octanol–water partition coefficient (Wildman–Crippen LogP) is 3.96. The van der Waals surface area contributed by atoms with Crippen molar-refractivity contribution in [1.82, 2.24) is 4.90 Å². The van der Waals surface area contributed by atoms with E-state index in [9.17, 15) is 31.7 Å². The van der Waals surface area contributed by atoms with E-state index in [1.807, 2.05) is 30.3 Å². The van der Waals surface area contributed by atoms with Crippen molar-refractivity contribution < 1.29 is 26.5 Å². The highest BCUT2D eigenvalue weighted by Crippen LogP contribution is 2.35. The number of hydrogen-bond donors (Lipinski definition) is 1. The van der Waals surface area contributed by atoms with Crippen LogP contribution < -0.4 is 5.32 Å². The lowest BCUT2D eigenvalue weighted by atomic mass is 10.0. The van der Waals surface area contributed by atoms with Crippen molar-refractivity contribution in [2.24, 2.45) is 0 Å². The van der Waals surface area contributed by atoms with Crippen LogP contribution in [0.3, 0.4) is 0 Å². The summed E-state index contributed by atoms with van der Waals surface area (Å²) >= 11 is 0. The average molecular weight is 443 g/mol. The number of rotatable bonds is 6. The van der Waals surface area contributed by atoms with Crippen LogP contribution >= 0.6 is 0 Å². The van der Waals surface area contributed by atoms with Gasteiger partial charge >= 0.3 is 5.51 Å². The summed E-state index contributed by atoms with van der Waals surface area (Å²) in [5, 5.41) is 14.3. The van der Waals surface area contributed by atoms with Gasteiger partial charge < -0.3 is 5.32 Å². The Morgan fingerprint density at radius 2 is 1.73 bits per heavy atom. The largest absolute Gasteiger partial charge is 0.501 e. The van der Waals surface area contributed by atoms with Gasteiger partial charge in [0.1, 0.15) is 5.69 Å². The van der Waals surface area contributed by atoms with Crippen molar-refractivity contribution in [2.45, 2.75) is 35.8 Å². The highest BCUT2D eigenvalue weighted by Gasteiger charge is 2.47. The Balaban J connectivity index is 1.69. The molecular weight excluding hydrogens is 423 g/mol. The number of nitrogens with one attached hydrogen (secondary N) is 1. The number of nitro groups is 1. The van der Waals surface area contributed by atoms with E-state index in [4.69, 9.17) is 0 Å². The van der Waals surface area contributed by atoms with Crippen LogP contribution in [0.2, 0.25) is 0 Å². The van der Waals surface area contributed by atoms with Gasteiger partial charge in [-0.3, -0.25) is 15.0 Å². The van der Waals surface area contributed by atoms with E-state index in [1.165, 1.54) is 5.56 Å². The van der Waals surface area contributed by atoms with Crippen molar-refractivity contribution in [2.75, 3.05) is 18.4 Å². The lowest BCUT2D eigenvalue weighted by molar-refractivity contribution is -0.384. The van der Waals surface area contributed by atoms with E-state index in [-0.39, 0.29) is 11.7 Å². The Morgan fingerprint density at radius 1 is 1.10 bits per heavy atom. The summed E-state index contributed by atoms with van der Waals surface area (Å²) in [5.41, 5.74) is -5.04. The van der Waals surface area contributed by atoms with Crippen LogP contribution in [0.5, 0.6) is 0 Å². The topological polar surface area (TPSA) is 92.5 Å². The number of nitrogens with zero attached hydrogens (tertiary/aromatic N) is 2. The molecular formula is C19H20F3N3O4S. The number of hydrogen-bond acceptors (Lipinski definition) is 6. The maximum Gasteiger partial charge on any atom is 0.501 e. The average Bonchev–Trinajstić information content (AvgIpc) is 2.69. The van der Waals surface area contributed by atoms with Crippen LogP contribution in [0.15, 0.2) is 53.4 Å². The SMILES string of the molecule is O=[N+]([O-])c1cc(S(=O)(=O)C(F)(F)F)ccc1NC1CCN(Cc2ccccc2)CC1. The van der Waals surface area contributed by atoms with Crippen molar-refractivity contribution in [3.63, 3.8) is 0 Å². The number of alkyl halides is 3. The summed E-state index contributed by atoms with van der Waals surface area (Å²) in [6.07, 6.45) is 1.37. The summed E-state index contributed by atoms with van der Waals surface area (Å²) in [4.78, 5) is 11.5. The zero-order chi connectivity index (χ0) is 21.9. The monoisotopic (exact) mass is 443 g/mol. The fraction of sp³-hybridized carbons (Fsp3) is 0.368. The van der Waals surface area contributed by atoms with E-state index >= 15 is 0 Å². The molecule has 30 heavy (non-hydrogen) atoms. The van der Waals surface area contributed by atoms with Gasteiger partial charge in [-0.05, 0) is 30.5 Å². The van der Waals surface area contributed by atoms with Crippen molar-refractivity contribution in [3.8, 4) is 0 Å². The molecule has 2 aromatic rings. The maximum atomic E-state index is 12.7. The van der Waals surface area contributed by atoms with Crippen LogP contribution in [0.25, 0.3) is 0 Å². The summed E-state index contributed by atoms with van der Waals surface area (Å²) in [6.45, 7) is 2.29. The second-order valence-electron chi connectivity index (χ2n) is 7.07. The van der Waals surface area contributed by atoms with Crippen LogP contribution in [-0.2, 0) is 16.4 Å². The van der Waals surface area contributed by atoms with Gasteiger partial charge in [-0.2, -0.15) is 13.2 Å². The normalized spacial score (nSPS) is 16.4. The van der Waals surface area contributed by atoms with Gasteiger partial charge in [-0.1, -0.05) is 30.3 Å². The number of anilines is 1. The minimum absolute atomic E-state index is 0.00244. The lowest BCUT2D eigenvalue weighted by Crippen LogP contribution is -2.38. The zero-order valence-electron chi connectivity index (χ0n) is 15.8. The van der Waals surface area contributed by atoms with Gasteiger partial charge in [0, 0.05) is 31.7 Å². The van der Waals surface area contributed by atoms with Crippen molar-refractivity contribution in [3.05, 3.63) is 64.2 Å². The van der Waals surface area contributed by atoms with Gasteiger partial charge in [0.15, 0.2) is 0 Å². The molecule has 0 aromatic heterocycles. The summed E-state index contributed by atoms with van der Waals surface area (Å²) < 4.78 is 61.3. The van der Waals surface area contributed by atoms with Gasteiger partial charge in [-0.25, -0.2) is 8.42 Å². The molecule has 0 spiro atoms. The molecule has 0 atom stereocenters. The standard InChI is InChI=1S/C19H20F3N3O4S/c20-19(21,22)30(28,29)16-6-7-17(18(12-16)25(26)27)23-15-8-10-24(11-9-15)13-14-4-2-1-3-5-14/h1-7,12,15,23H,8-11,13H2. The number of nitro benzene ring substituents is 1. The first-order valence-electron chi connectivity index (χ1n) is 9.20. The molecule has 2 aromatic carbocycles. The van der Waals surface area contributed by atoms with Crippen LogP contribution in [0, 0.1) is 10.1 Å². The molecule has 1 N–H and O–H groups in total. The van der Waals surface area contributed by atoms with Crippen LogP contribution in [0.4, 0.5) is 24.5 Å². The third-order valence-corrected chi connectivity index (χ3v) is 6.46. The number of piperidine rings is 1. The first-order valence-corrected chi connectivity index (χ1v) is 10.7. The van der Waals surface area contributed by atoms with Gasteiger partial charge in [0.05, 0.1) is 9.82 Å². The highest BCUT2D eigenvalue weighted by atomic mass is 32.2. The Kier molecular flexibility index (Phi) is 6.32. The maximum absolute atomic E-state index is 12.7. The highest BCUT2D eigenvalue weighted by molar-refractivity contribution is 7.92. The molecule has 11 heteroatoms. The molecule has 0 aliphatic carbocycles. The lowest BCUT2D eigenvalue weighted by Gasteiger charge is -2.32. The Hall–Kier alpha value is -2.66. The molecule has 0 unspecified atom stereocenters. The minimum Gasteiger partial charge on any atom is -0.377 e. The second-order valence-corrected chi connectivity index (χ2v) is 9.01. The molecule has 0 saturated carbocycles. The fourth-order valence-corrected chi connectivity index (χ4v) is 4.16. The van der Waals surface area contributed by atoms with Gasteiger partial charge in [0.25, 0.3) is 15.5 Å². The number of halogens is 3. The Morgan fingerprint density at radius 3 is 2.30 bits per heavy atom. The first-order chi connectivity index (χ1) is 14.1. The zero-order valence-corrected chi connectivity index (χ0v) is 16.6. The van der Waals surface area contributed by atoms with E-state index in [0.717, 1.165) is 31.8 Å². The van der Waals surface area contributed by atoms with E-state index < -0.39 is 30.9 Å². The van der Waals surface area contributed by atoms with Gasteiger partial charge in [-0.15, -0.1) is 0 Å². The molecule has 0 bridgehead atoms. The Labute approximate surface area is 171 Å². The molecule has 0 radical (unpaired) electrons. The van der Waals surface area contributed by atoms with E-state index in [0.29, 0.717) is 18.9 Å². The smallest absolute Gasteiger partial charge is 0.377 e. The molecule has 1 heterocycles. The third kappa shape index (κ3) is 4.90. The molecule has 0 amide bonds. The first kappa shape index (κ1) is 22.0.